The lowest BCUT2D eigenvalue weighted by molar-refractivity contribution is 0.414. The first-order valence-corrected chi connectivity index (χ1v) is 7.88. The van der Waals surface area contributed by atoms with Gasteiger partial charge in [0.1, 0.15) is 17.2 Å². The molecule has 1 aromatic heterocycles. The van der Waals surface area contributed by atoms with Gasteiger partial charge in [0.25, 0.3) is 0 Å². The van der Waals surface area contributed by atoms with Gasteiger partial charge < -0.3 is 15.2 Å². The Bertz CT molecular complexity index is 871. The summed E-state index contributed by atoms with van der Waals surface area (Å²) in [5, 5.41) is 0.936. The molecular formula is C20H20N2O2. The third kappa shape index (κ3) is 3.33. The molecule has 122 valence electrons. The molecule has 0 amide bonds. The number of nitrogens with zero attached hydrogens (tertiary/aromatic N) is 1. The highest BCUT2D eigenvalue weighted by Gasteiger charge is 2.09. The Morgan fingerprint density at radius 1 is 1.08 bits per heavy atom. The van der Waals surface area contributed by atoms with Crippen molar-refractivity contribution in [2.45, 2.75) is 13.3 Å². The highest BCUT2D eigenvalue weighted by Crippen LogP contribution is 2.33. The van der Waals surface area contributed by atoms with Crippen molar-refractivity contribution in [2.75, 3.05) is 12.8 Å². The second-order valence-corrected chi connectivity index (χ2v) is 5.40. The van der Waals surface area contributed by atoms with Gasteiger partial charge in [-0.1, -0.05) is 19.1 Å². The van der Waals surface area contributed by atoms with E-state index in [1.807, 2.05) is 42.5 Å². The summed E-state index contributed by atoms with van der Waals surface area (Å²) < 4.78 is 11.5. The quantitative estimate of drug-likeness (QED) is 0.669. The van der Waals surface area contributed by atoms with Crippen LogP contribution in [-0.4, -0.2) is 12.1 Å². The third-order valence-electron chi connectivity index (χ3n) is 3.69. The summed E-state index contributed by atoms with van der Waals surface area (Å²) in [6.07, 6.45) is 6.85. The first-order valence-electron chi connectivity index (χ1n) is 7.88. The molecule has 2 N–H and O–H groups in total. The molecule has 0 unspecified atom stereocenters. The summed E-state index contributed by atoms with van der Waals surface area (Å²) in [7, 11) is 1.67. The van der Waals surface area contributed by atoms with Crippen LogP contribution in [0.2, 0.25) is 0 Å². The van der Waals surface area contributed by atoms with E-state index < -0.39 is 0 Å². The van der Waals surface area contributed by atoms with Crippen LogP contribution in [0.4, 0.5) is 5.69 Å². The molecule has 0 radical (unpaired) electrons. The maximum Gasteiger partial charge on any atom is 0.138 e. The zero-order valence-electron chi connectivity index (χ0n) is 13.8. The molecule has 0 saturated carbocycles. The number of aromatic nitrogens is 1. The molecule has 3 rings (SSSR count). The van der Waals surface area contributed by atoms with Crippen molar-refractivity contribution in [3.63, 3.8) is 0 Å². The van der Waals surface area contributed by atoms with Crippen molar-refractivity contribution >= 4 is 22.7 Å². The summed E-state index contributed by atoms with van der Waals surface area (Å²) in [6.45, 7) is 2.10. The number of allylic oxidation sites excluding steroid dienone is 1. The molecule has 0 saturated heterocycles. The number of nitrogen functional groups attached to an aromatic ring is 1. The smallest absolute Gasteiger partial charge is 0.138 e. The second kappa shape index (κ2) is 7.04. The van der Waals surface area contributed by atoms with Crippen molar-refractivity contribution in [2.24, 2.45) is 0 Å². The number of hydrogen-bond donors (Lipinski definition) is 1. The Kier molecular flexibility index (Phi) is 4.66. The van der Waals surface area contributed by atoms with Gasteiger partial charge in [-0.25, -0.2) is 0 Å². The van der Waals surface area contributed by atoms with Crippen LogP contribution in [0.25, 0.3) is 17.0 Å². The van der Waals surface area contributed by atoms with E-state index in [-0.39, 0.29) is 0 Å². The summed E-state index contributed by atoms with van der Waals surface area (Å²) in [6, 6.07) is 13.2. The normalized spacial score (nSPS) is 11.1. The first kappa shape index (κ1) is 15.9. The predicted octanol–water partition coefficient (Wildman–Crippen LogP) is 5.04. The number of rotatable bonds is 5. The molecule has 3 aromatic rings. The fourth-order valence-electron chi connectivity index (χ4n) is 2.47. The molecule has 0 spiro atoms. The zero-order valence-corrected chi connectivity index (χ0v) is 13.8. The fraction of sp³-hybridized carbons (Fsp3) is 0.150. The number of fused-ring (bicyclic) bond motifs is 1. The van der Waals surface area contributed by atoms with Crippen LogP contribution >= 0.6 is 0 Å². The van der Waals surface area contributed by atoms with Crippen molar-refractivity contribution in [1.82, 2.24) is 4.98 Å². The summed E-state index contributed by atoms with van der Waals surface area (Å²) >= 11 is 0. The minimum atomic E-state index is 0.707. The monoisotopic (exact) mass is 320 g/mol. The SMILES string of the molecule is CC/C=C/c1cc2c(Oc3ccc(N)cc3)ccnc2cc1OC. The molecule has 0 fully saturated rings. The van der Waals surface area contributed by atoms with Crippen molar-refractivity contribution in [1.29, 1.82) is 0 Å². The predicted molar refractivity (Wildman–Crippen MR) is 98.5 cm³/mol. The average molecular weight is 320 g/mol. The average Bonchev–Trinajstić information content (AvgIpc) is 2.61. The highest BCUT2D eigenvalue weighted by molar-refractivity contribution is 5.89. The maximum absolute atomic E-state index is 6.02. The van der Waals surface area contributed by atoms with E-state index in [0.717, 1.165) is 40.1 Å². The van der Waals surface area contributed by atoms with Gasteiger partial charge >= 0.3 is 0 Å². The number of benzene rings is 2. The third-order valence-corrected chi connectivity index (χ3v) is 3.69. The minimum absolute atomic E-state index is 0.707. The molecule has 4 nitrogen and oxygen atoms in total. The summed E-state index contributed by atoms with van der Waals surface area (Å²) in [4.78, 5) is 4.42. The highest BCUT2D eigenvalue weighted by atomic mass is 16.5. The van der Waals surface area contributed by atoms with Crippen LogP contribution in [0.3, 0.4) is 0 Å². The molecule has 0 aliphatic rings. The van der Waals surface area contributed by atoms with E-state index in [4.69, 9.17) is 15.2 Å². The van der Waals surface area contributed by atoms with E-state index in [1.54, 1.807) is 13.3 Å². The number of nitrogens with two attached hydrogens (primary N) is 1. The molecule has 0 aliphatic heterocycles. The molecular weight excluding hydrogens is 300 g/mol. The van der Waals surface area contributed by atoms with E-state index in [9.17, 15) is 0 Å². The van der Waals surface area contributed by atoms with Crippen molar-refractivity contribution in [3.05, 3.63) is 60.3 Å². The fourth-order valence-corrected chi connectivity index (χ4v) is 2.47. The van der Waals surface area contributed by atoms with Crippen LogP contribution in [0.15, 0.2) is 54.7 Å². The zero-order chi connectivity index (χ0) is 16.9. The number of pyridine rings is 1. The van der Waals surface area contributed by atoms with Gasteiger partial charge in [-0.3, -0.25) is 4.98 Å². The molecule has 0 atom stereocenters. The van der Waals surface area contributed by atoms with E-state index in [1.165, 1.54) is 0 Å². The Morgan fingerprint density at radius 2 is 1.88 bits per heavy atom. The Labute approximate surface area is 141 Å². The van der Waals surface area contributed by atoms with Crippen molar-refractivity contribution < 1.29 is 9.47 Å². The van der Waals surface area contributed by atoms with E-state index in [0.29, 0.717) is 5.69 Å². The second-order valence-electron chi connectivity index (χ2n) is 5.40. The summed E-state index contributed by atoms with van der Waals surface area (Å²) in [5.74, 6) is 2.28. The Hall–Kier alpha value is -3.01. The standard InChI is InChI=1S/C20H20N2O2/c1-3-4-5-14-12-17-18(13-20(14)23-2)22-11-10-19(17)24-16-8-6-15(21)7-9-16/h4-13H,3,21H2,1-2H3/b5-4+. The Balaban J connectivity index is 2.07. The number of anilines is 1. The van der Waals surface area contributed by atoms with Crippen LogP contribution in [0, 0.1) is 0 Å². The van der Waals surface area contributed by atoms with Crippen LogP contribution < -0.4 is 15.2 Å². The largest absolute Gasteiger partial charge is 0.496 e. The van der Waals surface area contributed by atoms with E-state index in [2.05, 4.69) is 24.1 Å². The lowest BCUT2D eigenvalue weighted by atomic mass is 10.1. The summed E-state index contributed by atoms with van der Waals surface area (Å²) in [5.41, 5.74) is 8.26. The molecule has 4 heteroatoms. The van der Waals surface area contributed by atoms with E-state index >= 15 is 0 Å². The van der Waals surface area contributed by atoms with Gasteiger partial charge in [-0.15, -0.1) is 0 Å². The Morgan fingerprint density at radius 3 is 2.58 bits per heavy atom. The molecule has 2 aromatic carbocycles. The van der Waals surface area contributed by atoms with Crippen LogP contribution in [-0.2, 0) is 0 Å². The molecule has 24 heavy (non-hydrogen) atoms. The van der Waals surface area contributed by atoms with Crippen LogP contribution in [0.1, 0.15) is 18.9 Å². The van der Waals surface area contributed by atoms with Gasteiger partial charge in [0.15, 0.2) is 0 Å². The minimum Gasteiger partial charge on any atom is -0.496 e. The number of ether oxygens (including phenoxy) is 2. The molecule has 1 heterocycles. The number of hydrogen-bond acceptors (Lipinski definition) is 4. The van der Waals surface area contributed by atoms with Crippen molar-refractivity contribution in [3.8, 4) is 17.2 Å². The van der Waals surface area contributed by atoms with Gasteiger partial charge in [0.2, 0.25) is 0 Å². The number of methoxy groups -OCH3 is 1. The van der Waals surface area contributed by atoms with Gasteiger partial charge in [0.05, 0.1) is 12.6 Å². The molecule has 0 bridgehead atoms. The lowest BCUT2D eigenvalue weighted by Gasteiger charge is -2.11. The van der Waals surface area contributed by atoms with Gasteiger partial charge in [-0.05, 0) is 42.8 Å². The topological polar surface area (TPSA) is 57.4 Å². The first-order chi connectivity index (χ1) is 11.7. The molecule has 0 aliphatic carbocycles. The van der Waals surface area contributed by atoms with Crippen LogP contribution in [0.5, 0.6) is 17.2 Å². The lowest BCUT2D eigenvalue weighted by Crippen LogP contribution is -1.92. The van der Waals surface area contributed by atoms with Gasteiger partial charge in [0, 0.05) is 28.9 Å². The van der Waals surface area contributed by atoms with Gasteiger partial charge in [-0.2, -0.15) is 0 Å². The maximum atomic E-state index is 6.02.